The highest BCUT2D eigenvalue weighted by atomic mass is 19.4. The maximum absolute atomic E-state index is 15.1. The zero-order chi connectivity index (χ0) is 22.4. The largest absolute Gasteiger partial charge is 0.416 e. The third-order valence-corrected chi connectivity index (χ3v) is 5.01. The number of benzene rings is 1. The van der Waals surface area contributed by atoms with Gasteiger partial charge in [-0.1, -0.05) is 6.07 Å². The van der Waals surface area contributed by atoms with Gasteiger partial charge in [-0.15, -0.1) is 0 Å². The molecule has 1 aliphatic heterocycles. The SMILES string of the molecule is CN1C(=O)C(c2cc(C(F)(F)F)ccn2)(c2cc(-c3ccccn3)ccc2F)N=C1N. The number of likely N-dealkylation sites (N-methyl/N-ethyl adjacent to an activating group) is 1. The van der Waals surface area contributed by atoms with Crippen LogP contribution < -0.4 is 5.73 Å². The maximum Gasteiger partial charge on any atom is 0.416 e. The molecule has 0 saturated carbocycles. The van der Waals surface area contributed by atoms with E-state index in [9.17, 15) is 18.0 Å². The van der Waals surface area contributed by atoms with Crippen LogP contribution in [0.5, 0.6) is 0 Å². The van der Waals surface area contributed by atoms with Crippen LogP contribution in [0.15, 0.2) is 65.9 Å². The molecule has 0 bridgehead atoms. The molecule has 4 rings (SSSR count). The second kappa shape index (κ2) is 7.15. The number of aromatic nitrogens is 2. The molecule has 3 aromatic rings. The first kappa shape index (κ1) is 20.5. The molecule has 6 nitrogen and oxygen atoms in total. The van der Waals surface area contributed by atoms with Crippen LogP contribution in [0.25, 0.3) is 11.3 Å². The first-order valence-corrected chi connectivity index (χ1v) is 9.03. The molecule has 0 aliphatic carbocycles. The number of pyridine rings is 2. The van der Waals surface area contributed by atoms with E-state index in [1.54, 1.807) is 18.2 Å². The fourth-order valence-electron chi connectivity index (χ4n) is 3.42. The maximum atomic E-state index is 15.1. The Morgan fingerprint density at radius 3 is 2.42 bits per heavy atom. The van der Waals surface area contributed by atoms with E-state index in [1.165, 1.54) is 25.4 Å². The van der Waals surface area contributed by atoms with Gasteiger partial charge in [0.25, 0.3) is 5.91 Å². The number of aliphatic imine (C=N–C) groups is 1. The Morgan fingerprint density at radius 2 is 1.81 bits per heavy atom. The fraction of sp³-hybridized carbons (Fsp3) is 0.143. The molecule has 0 radical (unpaired) electrons. The van der Waals surface area contributed by atoms with Crippen molar-refractivity contribution in [3.05, 3.63) is 83.6 Å². The predicted octanol–water partition coefficient (Wildman–Crippen LogP) is 3.33. The lowest BCUT2D eigenvalue weighted by Crippen LogP contribution is -2.42. The number of hydrogen-bond donors (Lipinski definition) is 1. The molecule has 158 valence electrons. The van der Waals surface area contributed by atoms with E-state index in [0.717, 1.165) is 23.2 Å². The number of nitrogens with zero attached hydrogens (tertiary/aromatic N) is 4. The lowest BCUT2D eigenvalue weighted by atomic mass is 9.84. The van der Waals surface area contributed by atoms with Crippen molar-refractivity contribution < 1.29 is 22.4 Å². The lowest BCUT2D eigenvalue weighted by molar-refractivity contribution is -0.138. The monoisotopic (exact) mass is 429 g/mol. The van der Waals surface area contributed by atoms with Crippen LogP contribution >= 0.6 is 0 Å². The summed E-state index contributed by atoms with van der Waals surface area (Å²) in [4.78, 5) is 26.5. The average molecular weight is 429 g/mol. The van der Waals surface area contributed by atoms with E-state index < -0.39 is 34.7 Å². The summed E-state index contributed by atoms with van der Waals surface area (Å²) in [5.74, 6) is -1.94. The second-order valence-electron chi connectivity index (χ2n) is 6.88. The third-order valence-electron chi connectivity index (χ3n) is 5.01. The molecular formula is C21H15F4N5O. The molecular weight excluding hydrogens is 414 g/mol. The van der Waals surface area contributed by atoms with Crippen molar-refractivity contribution in [2.75, 3.05) is 7.05 Å². The zero-order valence-corrected chi connectivity index (χ0v) is 16.1. The zero-order valence-electron chi connectivity index (χ0n) is 16.1. The van der Waals surface area contributed by atoms with Crippen LogP contribution in [0.1, 0.15) is 16.8 Å². The van der Waals surface area contributed by atoms with Gasteiger partial charge >= 0.3 is 6.18 Å². The summed E-state index contributed by atoms with van der Waals surface area (Å²) < 4.78 is 55.1. The van der Waals surface area contributed by atoms with Gasteiger partial charge in [0.2, 0.25) is 5.54 Å². The molecule has 10 heteroatoms. The molecule has 0 saturated heterocycles. The van der Waals surface area contributed by atoms with Crippen molar-refractivity contribution in [1.29, 1.82) is 0 Å². The van der Waals surface area contributed by atoms with Crippen molar-refractivity contribution in [2.24, 2.45) is 10.7 Å². The Labute approximate surface area is 174 Å². The van der Waals surface area contributed by atoms with Crippen LogP contribution in [0, 0.1) is 5.82 Å². The molecule has 1 amide bonds. The molecule has 1 atom stereocenters. The highest BCUT2D eigenvalue weighted by molar-refractivity contribution is 6.08. The normalized spacial score (nSPS) is 18.9. The van der Waals surface area contributed by atoms with Gasteiger partial charge < -0.3 is 5.73 Å². The highest BCUT2D eigenvalue weighted by Crippen LogP contribution is 2.42. The summed E-state index contributed by atoms with van der Waals surface area (Å²) in [6.07, 6.45) is -2.26. The van der Waals surface area contributed by atoms with Gasteiger partial charge in [-0.05, 0) is 42.5 Å². The van der Waals surface area contributed by atoms with Crippen molar-refractivity contribution in [1.82, 2.24) is 14.9 Å². The fourth-order valence-corrected chi connectivity index (χ4v) is 3.42. The topological polar surface area (TPSA) is 84.5 Å². The van der Waals surface area contributed by atoms with Gasteiger partial charge in [0, 0.05) is 30.6 Å². The van der Waals surface area contributed by atoms with Crippen LogP contribution in [0.4, 0.5) is 17.6 Å². The molecule has 1 aromatic carbocycles. The summed E-state index contributed by atoms with van der Waals surface area (Å²) in [6.45, 7) is 0. The molecule has 2 aromatic heterocycles. The number of alkyl halides is 3. The average Bonchev–Trinajstić information content (AvgIpc) is 2.99. The standard InChI is InChI=1S/C21H15F4N5O/c1-30-18(31)20(29-19(30)26,17-11-13(7-9-28-17)21(23,24)25)14-10-12(5-6-15(14)22)16-4-2-3-8-27-16/h2-11H,1H3,(H2,26,29). The molecule has 31 heavy (non-hydrogen) atoms. The van der Waals surface area contributed by atoms with E-state index >= 15 is 4.39 Å². The van der Waals surface area contributed by atoms with E-state index in [-0.39, 0.29) is 11.5 Å². The number of halogens is 4. The van der Waals surface area contributed by atoms with E-state index in [1.807, 2.05) is 0 Å². The smallest absolute Gasteiger partial charge is 0.369 e. The molecule has 2 N–H and O–H groups in total. The van der Waals surface area contributed by atoms with Gasteiger partial charge in [-0.2, -0.15) is 13.2 Å². The molecule has 1 aliphatic rings. The van der Waals surface area contributed by atoms with Crippen molar-refractivity contribution >= 4 is 11.9 Å². The van der Waals surface area contributed by atoms with Gasteiger partial charge in [-0.3, -0.25) is 19.7 Å². The number of guanidine groups is 1. The number of hydrogen-bond acceptors (Lipinski definition) is 5. The molecule has 0 fully saturated rings. The van der Waals surface area contributed by atoms with Crippen LogP contribution in [0.3, 0.4) is 0 Å². The van der Waals surface area contributed by atoms with E-state index in [0.29, 0.717) is 17.3 Å². The van der Waals surface area contributed by atoms with E-state index in [2.05, 4.69) is 15.0 Å². The Hall–Kier alpha value is -3.82. The molecule has 1 unspecified atom stereocenters. The van der Waals surface area contributed by atoms with Crippen molar-refractivity contribution in [2.45, 2.75) is 11.7 Å². The van der Waals surface area contributed by atoms with Crippen molar-refractivity contribution in [3.63, 3.8) is 0 Å². The summed E-state index contributed by atoms with van der Waals surface area (Å²) >= 11 is 0. The summed E-state index contributed by atoms with van der Waals surface area (Å²) in [5, 5.41) is 0. The third kappa shape index (κ3) is 3.29. The van der Waals surface area contributed by atoms with E-state index in [4.69, 9.17) is 5.73 Å². The first-order valence-electron chi connectivity index (χ1n) is 9.03. The van der Waals surface area contributed by atoms with Gasteiger partial charge in [-0.25, -0.2) is 9.38 Å². The summed E-state index contributed by atoms with van der Waals surface area (Å²) in [6, 6.07) is 10.4. The number of nitrogens with two attached hydrogens (primary N) is 1. The minimum absolute atomic E-state index is 0.271. The molecule has 0 spiro atoms. The number of rotatable bonds is 3. The quantitative estimate of drug-likeness (QED) is 0.648. The Morgan fingerprint density at radius 1 is 1.03 bits per heavy atom. The predicted molar refractivity (Wildman–Crippen MR) is 104 cm³/mol. The summed E-state index contributed by atoms with van der Waals surface area (Å²) in [5.41, 5.74) is 2.80. The number of carbonyl (C=O) groups excluding carboxylic acids is 1. The number of carbonyl (C=O) groups is 1. The van der Waals surface area contributed by atoms with Crippen LogP contribution in [-0.4, -0.2) is 33.8 Å². The Kier molecular flexibility index (Phi) is 4.72. The highest BCUT2D eigenvalue weighted by Gasteiger charge is 2.53. The first-order chi connectivity index (χ1) is 14.6. The Bertz CT molecular complexity index is 1200. The van der Waals surface area contributed by atoms with Crippen LogP contribution in [0.2, 0.25) is 0 Å². The van der Waals surface area contributed by atoms with Crippen LogP contribution in [-0.2, 0) is 16.5 Å². The second-order valence-corrected chi connectivity index (χ2v) is 6.88. The minimum Gasteiger partial charge on any atom is -0.369 e. The number of amides is 1. The lowest BCUT2D eigenvalue weighted by Gasteiger charge is -2.26. The van der Waals surface area contributed by atoms with Gasteiger partial charge in [0.15, 0.2) is 5.96 Å². The van der Waals surface area contributed by atoms with Gasteiger partial charge in [0.05, 0.1) is 17.0 Å². The Balaban J connectivity index is 2.00. The minimum atomic E-state index is -4.70. The molecule has 3 heterocycles. The summed E-state index contributed by atoms with van der Waals surface area (Å²) in [7, 11) is 1.30. The van der Waals surface area contributed by atoms with Gasteiger partial charge in [0.1, 0.15) is 5.82 Å². The van der Waals surface area contributed by atoms with Crippen molar-refractivity contribution in [3.8, 4) is 11.3 Å².